The molecule has 0 aliphatic carbocycles. The SMILES string of the molecule is CCCC/C=C\C/C=C\CCCCCCCC(=O)OC(COCCCCCCCC/C=C\CCCCCC)COC1OC(CO)C(O)C(OS(=O)(=O)O)C1O. The second-order valence-corrected chi connectivity index (χ2v) is 15.6. The van der Waals surface area contributed by atoms with Crippen molar-refractivity contribution in [3.63, 3.8) is 0 Å². The van der Waals surface area contributed by atoms with E-state index in [0.29, 0.717) is 13.0 Å². The molecule has 1 heterocycles. The van der Waals surface area contributed by atoms with Crippen LogP contribution in [0.1, 0.15) is 162 Å². The number of carbonyl (C=O) groups excluding carboxylic acids is 1. The van der Waals surface area contributed by atoms with Crippen LogP contribution in [-0.2, 0) is 38.3 Å². The smallest absolute Gasteiger partial charge is 0.397 e. The average molecular weight is 805 g/mol. The van der Waals surface area contributed by atoms with Crippen LogP contribution in [-0.4, -0.2) is 97.5 Å². The Labute approximate surface area is 333 Å². The highest BCUT2D eigenvalue weighted by Crippen LogP contribution is 2.26. The number of aliphatic hydroxyl groups is 3. The summed E-state index contributed by atoms with van der Waals surface area (Å²) < 4.78 is 58.9. The Hall–Kier alpha value is -1.68. The lowest BCUT2D eigenvalue weighted by Gasteiger charge is -2.41. The maximum absolute atomic E-state index is 12.8. The highest BCUT2D eigenvalue weighted by Gasteiger charge is 2.48. The molecule has 55 heavy (non-hydrogen) atoms. The van der Waals surface area contributed by atoms with Crippen molar-refractivity contribution in [2.45, 2.75) is 198 Å². The highest BCUT2D eigenvalue weighted by molar-refractivity contribution is 7.80. The van der Waals surface area contributed by atoms with Crippen molar-refractivity contribution in [3.05, 3.63) is 36.5 Å². The Bertz CT molecular complexity index is 1110. The Morgan fingerprint density at radius 1 is 0.691 bits per heavy atom. The van der Waals surface area contributed by atoms with Crippen LogP contribution in [0.25, 0.3) is 0 Å². The van der Waals surface area contributed by atoms with Gasteiger partial charge in [-0.3, -0.25) is 9.35 Å². The van der Waals surface area contributed by atoms with Gasteiger partial charge in [0.15, 0.2) is 6.29 Å². The van der Waals surface area contributed by atoms with Gasteiger partial charge in [-0.25, -0.2) is 4.18 Å². The molecule has 1 aliphatic heterocycles. The number of hydrogen-bond donors (Lipinski definition) is 4. The number of allylic oxidation sites excluding steroid dienone is 6. The molecular formula is C42H76O12S. The Kier molecular flexibility index (Phi) is 32.1. The molecule has 12 nitrogen and oxygen atoms in total. The molecule has 1 aliphatic rings. The van der Waals surface area contributed by atoms with E-state index >= 15 is 0 Å². The first-order valence-corrected chi connectivity index (χ1v) is 22.6. The number of unbranched alkanes of at least 4 members (excludes halogenated alkanes) is 17. The van der Waals surface area contributed by atoms with Gasteiger partial charge in [-0.05, 0) is 64.2 Å². The Morgan fingerprint density at radius 3 is 1.80 bits per heavy atom. The first-order chi connectivity index (χ1) is 26.6. The van der Waals surface area contributed by atoms with Crippen molar-refractivity contribution in [2.75, 3.05) is 26.4 Å². The lowest BCUT2D eigenvalue weighted by Crippen LogP contribution is -2.60. The minimum absolute atomic E-state index is 0.0262. The number of esters is 1. The predicted molar refractivity (Wildman–Crippen MR) is 216 cm³/mol. The maximum Gasteiger partial charge on any atom is 0.397 e. The van der Waals surface area contributed by atoms with Crippen LogP contribution in [0.3, 0.4) is 0 Å². The van der Waals surface area contributed by atoms with Crippen LogP contribution in [0.4, 0.5) is 0 Å². The van der Waals surface area contributed by atoms with Crippen molar-refractivity contribution >= 4 is 16.4 Å². The average Bonchev–Trinajstić information content (AvgIpc) is 3.15. The maximum atomic E-state index is 12.8. The molecule has 0 radical (unpaired) electrons. The third-order valence-electron chi connectivity index (χ3n) is 9.48. The van der Waals surface area contributed by atoms with E-state index in [-0.39, 0.29) is 19.6 Å². The van der Waals surface area contributed by atoms with Crippen molar-refractivity contribution in [2.24, 2.45) is 0 Å². The number of ether oxygens (including phenoxy) is 4. The van der Waals surface area contributed by atoms with E-state index in [0.717, 1.165) is 70.6 Å². The third-order valence-corrected chi connectivity index (χ3v) is 9.95. The minimum atomic E-state index is -5.06. The normalized spacial score (nSPS) is 21.3. The summed E-state index contributed by atoms with van der Waals surface area (Å²) >= 11 is 0. The minimum Gasteiger partial charge on any atom is -0.457 e. The van der Waals surface area contributed by atoms with E-state index in [1.807, 2.05) is 0 Å². The van der Waals surface area contributed by atoms with Gasteiger partial charge in [0.1, 0.15) is 30.5 Å². The van der Waals surface area contributed by atoms with Gasteiger partial charge in [0.05, 0.1) is 19.8 Å². The van der Waals surface area contributed by atoms with Gasteiger partial charge in [0, 0.05) is 13.0 Å². The molecule has 0 aromatic heterocycles. The lowest BCUT2D eigenvalue weighted by atomic mass is 9.99. The fourth-order valence-corrected chi connectivity index (χ4v) is 6.72. The monoisotopic (exact) mass is 805 g/mol. The molecule has 6 unspecified atom stereocenters. The first kappa shape index (κ1) is 51.3. The van der Waals surface area contributed by atoms with E-state index in [4.69, 9.17) is 23.5 Å². The van der Waals surface area contributed by atoms with E-state index in [2.05, 4.69) is 54.5 Å². The summed E-state index contributed by atoms with van der Waals surface area (Å²) in [5, 5.41) is 30.6. The summed E-state index contributed by atoms with van der Waals surface area (Å²) in [5.74, 6) is -0.417. The van der Waals surface area contributed by atoms with E-state index in [1.54, 1.807) is 0 Å². The molecule has 1 fully saturated rings. The lowest BCUT2D eigenvalue weighted by molar-refractivity contribution is -0.301. The summed E-state index contributed by atoms with van der Waals surface area (Å²) in [7, 11) is -5.06. The third kappa shape index (κ3) is 28.4. The van der Waals surface area contributed by atoms with Crippen LogP contribution in [0.15, 0.2) is 36.5 Å². The summed E-state index contributed by atoms with van der Waals surface area (Å²) in [6.45, 7) is 3.89. The highest BCUT2D eigenvalue weighted by atomic mass is 32.3. The van der Waals surface area contributed by atoms with Gasteiger partial charge < -0.3 is 34.3 Å². The molecule has 0 bridgehead atoms. The zero-order valence-corrected chi connectivity index (χ0v) is 34.8. The largest absolute Gasteiger partial charge is 0.457 e. The fourth-order valence-electron chi connectivity index (χ4n) is 6.21. The van der Waals surface area contributed by atoms with E-state index < -0.39 is 59.8 Å². The molecule has 0 aromatic rings. The van der Waals surface area contributed by atoms with Gasteiger partial charge in [0.2, 0.25) is 0 Å². The van der Waals surface area contributed by atoms with Crippen LogP contribution in [0.2, 0.25) is 0 Å². The van der Waals surface area contributed by atoms with Gasteiger partial charge >= 0.3 is 16.4 Å². The van der Waals surface area contributed by atoms with Crippen molar-refractivity contribution in [1.29, 1.82) is 0 Å². The quantitative estimate of drug-likeness (QED) is 0.0207. The molecule has 1 saturated heterocycles. The first-order valence-electron chi connectivity index (χ1n) is 21.2. The van der Waals surface area contributed by atoms with Crippen LogP contribution >= 0.6 is 0 Å². The van der Waals surface area contributed by atoms with Gasteiger partial charge in [-0.15, -0.1) is 0 Å². The summed E-state index contributed by atoms with van der Waals surface area (Å²) in [4.78, 5) is 12.8. The molecule has 322 valence electrons. The summed E-state index contributed by atoms with van der Waals surface area (Å²) in [6, 6.07) is 0. The zero-order valence-electron chi connectivity index (χ0n) is 34.0. The number of hydrogen-bond acceptors (Lipinski definition) is 11. The van der Waals surface area contributed by atoms with Gasteiger partial charge in [-0.1, -0.05) is 127 Å². The second-order valence-electron chi connectivity index (χ2n) is 14.6. The standard InChI is InChI=1S/C42H76O12S/c1-3-5-7-9-11-13-15-17-19-21-23-25-27-29-31-38(44)52-36(34-50-32-30-28-26-24-22-20-18-16-14-12-10-8-6-4-2)35-51-42-40(46)41(54-55(47,48)49)39(45)37(33-43)53-42/h9,11,14-17,36-37,39-43,45-46H,3-8,10,12-13,18-35H2,1-2H3,(H,47,48,49)/b11-9-,16-14-,17-15-. The topological polar surface area (TPSA) is 178 Å². The zero-order chi connectivity index (χ0) is 40.4. The van der Waals surface area contributed by atoms with Crippen LogP contribution in [0.5, 0.6) is 0 Å². The van der Waals surface area contributed by atoms with E-state index in [9.17, 15) is 28.5 Å². The molecular weight excluding hydrogens is 729 g/mol. The van der Waals surface area contributed by atoms with Crippen LogP contribution < -0.4 is 0 Å². The summed E-state index contributed by atoms with van der Waals surface area (Å²) in [6.07, 6.45) is 28.9. The number of rotatable bonds is 36. The van der Waals surface area contributed by atoms with Gasteiger partial charge in [0.25, 0.3) is 0 Å². The molecule has 4 N–H and O–H groups in total. The predicted octanol–water partition coefficient (Wildman–Crippen LogP) is 8.24. The van der Waals surface area contributed by atoms with Crippen LogP contribution in [0, 0.1) is 0 Å². The molecule has 1 rings (SSSR count). The molecule has 13 heteroatoms. The van der Waals surface area contributed by atoms with Gasteiger partial charge in [-0.2, -0.15) is 8.42 Å². The fraction of sp³-hybridized carbons (Fsp3) is 0.833. The molecule has 0 saturated carbocycles. The van der Waals surface area contributed by atoms with Crippen molar-refractivity contribution < 1.29 is 56.2 Å². The molecule has 0 amide bonds. The number of aliphatic hydroxyl groups excluding tert-OH is 3. The molecule has 0 aromatic carbocycles. The number of carbonyl (C=O) groups is 1. The Morgan fingerprint density at radius 2 is 1.22 bits per heavy atom. The van der Waals surface area contributed by atoms with Crippen molar-refractivity contribution in [3.8, 4) is 0 Å². The molecule has 0 spiro atoms. The van der Waals surface area contributed by atoms with Crippen molar-refractivity contribution in [1.82, 2.24) is 0 Å². The Balaban J connectivity index is 2.48. The molecule has 6 atom stereocenters. The van der Waals surface area contributed by atoms with E-state index in [1.165, 1.54) is 64.2 Å². The summed E-state index contributed by atoms with van der Waals surface area (Å²) in [5.41, 5.74) is 0. The second kappa shape index (κ2) is 34.4.